The summed E-state index contributed by atoms with van der Waals surface area (Å²) in [4.78, 5) is 8.72. The molecule has 6 rings (SSSR count). The second kappa shape index (κ2) is 8.49. The minimum absolute atomic E-state index is 0.745. The number of rotatable bonds is 5. The first kappa shape index (κ1) is 20.2. The van der Waals surface area contributed by atoms with E-state index >= 15 is 0 Å². The summed E-state index contributed by atoms with van der Waals surface area (Å²) < 4.78 is 8.06. The Morgan fingerprint density at radius 1 is 0.912 bits per heavy atom. The summed E-state index contributed by atoms with van der Waals surface area (Å²) >= 11 is 0. The monoisotopic (exact) mass is 441 g/mol. The van der Waals surface area contributed by atoms with Crippen molar-refractivity contribution in [3.05, 3.63) is 109 Å². The minimum atomic E-state index is 0.745. The van der Waals surface area contributed by atoms with Crippen LogP contribution < -0.4 is 0 Å². The number of fused-ring (bicyclic) bond motifs is 5. The van der Waals surface area contributed by atoms with Crippen molar-refractivity contribution in [2.24, 2.45) is 4.99 Å². The quantitative estimate of drug-likeness (QED) is 0.257. The molecule has 164 valence electrons. The molecule has 3 aromatic carbocycles. The van der Waals surface area contributed by atoms with Gasteiger partial charge in [-0.05, 0) is 60.5 Å². The van der Waals surface area contributed by atoms with E-state index in [0.717, 1.165) is 39.7 Å². The molecule has 0 bridgehead atoms. The first-order chi connectivity index (χ1) is 16.8. The summed E-state index contributed by atoms with van der Waals surface area (Å²) in [6, 6.07) is 25.7. The first-order valence-electron chi connectivity index (χ1n) is 11.4. The fourth-order valence-electron chi connectivity index (χ4n) is 4.72. The maximum absolute atomic E-state index is 5.71. The van der Waals surface area contributed by atoms with Crippen LogP contribution in [0.4, 0.5) is 0 Å². The van der Waals surface area contributed by atoms with Gasteiger partial charge >= 0.3 is 0 Å². The van der Waals surface area contributed by atoms with Gasteiger partial charge in [0, 0.05) is 58.6 Å². The summed E-state index contributed by atoms with van der Waals surface area (Å²) in [6.07, 6.45) is 11.9. The molecule has 0 N–H and O–H groups in total. The molecule has 0 fully saturated rings. The number of furan rings is 1. The largest absolute Gasteiger partial charge is 0.464 e. The zero-order valence-corrected chi connectivity index (χ0v) is 18.8. The van der Waals surface area contributed by atoms with Crippen LogP contribution in [0.25, 0.3) is 49.6 Å². The highest BCUT2D eigenvalue weighted by atomic mass is 16.3. The molecule has 0 aliphatic rings. The number of hydrogen-bond acceptors (Lipinski definition) is 3. The van der Waals surface area contributed by atoms with Gasteiger partial charge in [0.25, 0.3) is 0 Å². The van der Waals surface area contributed by atoms with Gasteiger partial charge in [-0.15, -0.1) is 0 Å². The average molecular weight is 442 g/mol. The predicted molar refractivity (Wildman–Crippen MR) is 141 cm³/mol. The average Bonchev–Trinajstić information content (AvgIpc) is 3.49. The number of allylic oxidation sites excluding steroid dienone is 1. The molecule has 0 unspecified atom stereocenters. The van der Waals surface area contributed by atoms with Crippen molar-refractivity contribution in [3.63, 3.8) is 0 Å². The maximum atomic E-state index is 5.71. The SMILES string of the molecule is C/C=C\N=CCc1cc(-c2cccnc2)cc(-n2c3ccccc3c3c4ccoc4ccc32)c1. The molecule has 0 atom stereocenters. The molecule has 0 radical (unpaired) electrons. The van der Waals surface area contributed by atoms with Gasteiger partial charge in [-0.2, -0.15) is 0 Å². The normalized spacial score (nSPS) is 12.1. The first-order valence-corrected chi connectivity index (χ1v) is 11.4. The predicted octanol–water partition coefficient (Wildman–Crippen LogP) is 7.74. The van der Waals surface area contributed by atoms with Crippen LogP contribution in [0.5, 0.6) is 0 Å². The van der Waals surface area contributed by atoms with Crippen LogP contribution in [0.1, 0.15) is 12.5 Å². The van der Waals surface area contributed by atoms with Crippen LogP contribution in [0.3, 0.4) is 0 Å². The molecule has 4 heteroatoms. The van der Waals surface area contributed by atoms with Crippen molar-refractivity contribution < 1.29 is 4.42 Å². The molecular formula is C30H23N3O. The Morgan fingerprint density at radius 2 is 1.85 bits per heavy atom. The van der Waals surface area contributed by atoms with Crippen LogP contribution in [-0.4, -0.2) is 15.8 Å². The summed E-state index contributed by atoms with van der Waals surface area (Å²) in [7, 11) is 0. The van der Waals surface area contributed by atoms with Gasteiger partial charge in [0.15, 0.2) is 0 Å². The summed E-state index contributed by atoms with van der Waals surface area (Å²) in [5, 5.41) is 3.56. The number of benzene rings is 3. The van der Waals surface area contributed by atoms with Crippen LogP contribution in [0.2, 0.25) is 0 Å². The lowest BCUT2D eigenvalue weighted by Crippen LogP contribution is -1.98. The molecule has 0 aliphatic carbocycles. The van der Waals surface area contributed by atoms with Gasteiger partial charge in [0.1, 0.15) is 5.58 Å². The number of aliphatic imine (C=N–C) groups is 1. The number of hydrogen-bond donors (Lipinski definition) is 0. The van der Waals surface area contributed by atoms with Crippen molar-refractivity contribution in [3.8, 4) is 16.8 Å². The lowest BCUT2D eigenvalue weighted by atomic mass is 10.0. The molecule has 34 heavy (non-hydrogen) atoms. The number of para-hydroxylation sites is 1. The topological polar surface area (TPSA) is 43.3 Å². The van der Waals surface area contributed by atoms with E-state index in [2.05, 4.69) is 81.3 Å². The van der Waals surface area contributed by atoms with E-state index in [0.29, 0.717) is 0 Å². The van der Waals surface area contributed by atoms with Crippen molar-refractivity contribution in [1.82, 2.24) is 9.55 Å². The molecular weight excluding hydrogens is 418 g/mol. The van der Waals surface area contributed by atoms with Gasteiger partial charge in [-0.1, -0.05) is 36.4 Å². The smallest absolute Gasteiger partial charge is 0.134 e. The lowest BCUT2D eigenvalue weighted by molar-refractivity contribution is 0.616. The van der Waals surface area contributed by atoms with E-state index in [1.54, 1.807) is 12.5 Å². The Kier molecular flexibility index (Phi) is 5.04. The summed E-state index contributed by atoms with van der Waals surface area (Å²) in [6.45, 7) is 1.97. The van der Waals surface area contributed by atoms with Crippen molar-refractivity contribution in [2.45, 2.75) is 13.3 Å². The molecule has 3 heterocycles. The molecule has 6 aromatic rings. The van der Waals surface area contributed by atoms with Crippen LogP contribution in [0.15, 0.2) is 113 Å². The third kappa shape index (κ3) is 3.41. The Morgan fingerprint density at radius 3 is 2.74 bits per heavy atom. The summed E-state index contributed by atoms with van der Waals surface area (Å²) in [5.41, 5.74) is 7.77. The van der Waals surface area contributed by atoms with Gasteiger partial charge in [-0.25, -0.2) is 0 Å². The number of pyridine rings is 1. The standard InChI is InChI=1S/C30H23N3O/c1-2-13-31-15-11-21-17-23(22-6-5-14-32-20-22)19-24(18-21)33-27-8-4-3-7-25(27)30-26-12-16-34-29(26)10-9-28(30)33/h2-10,12-20H,11H2,1H3/b13-2-,31-15?. The Balaban J connectivity index is 1.64. The lowest BCUT2D eigenvalue weighted by Gasteiger charge is -2.13. The van der Waals surface area contributed by atoms with Gasteiger partial charge in [0.2, 0.25) is 0 Å². The van der Waals surface area contributed by atoms with Crippen molar-refractivity contribution in [2.75, 3.05) is 0 Å². The van der Waals surface area contributed by atoms with E-state index < -0.39 is 0 Å². The number of aromatic nitrogens is 2. The highest BCUT2D eigenvalue weighted by Gasteiger charge is 2.16. The van der Waals surface area contributed by atoms with E-state index in [9.17, 15) is 0 Å². The number of nitrogens with zero attached hydrogens (tertiary/aromatic N) is 3. The maximum Gasteiger partial charge on any atom is 0.134 e. The van der Waals surface area contributed by atoms with Crippen molar-refractivity contribution >= 4 is 39.0 Å². The van der Waals surface area contributed by atoms with Gasteiger partial charge in [-0.3, -0.25) is 9.98 Å². The van der Waals surface area contributed by atoms with Crippen LogP contribution >= 0.6 is 0 Å². The fourth-order valence-corrected chi connectivity index (χ4v) is 4.72. The molecule has 3 aromatic heterocycles. The summed E-state index contributed by atoms with van der Waals surface area (Å²) in [5.74, 6) is 0. The second-order valence-electron chi connectivity index (χ2n) is 8.29. The zero-order chi connectivity index (χ0) is 22.9. The van der Waals surface area contributed by atoms with Crippen LogP contribution in [-0.2, 0) is 6.42 Å². The Hall–Kier alpha value is -4.44. The molecule has 0 amide bonds. The molecule has 0 saturated heterocycles. The Bertz CT molecular complexity index is 1690. The minimum Gasteiger partial charge on any atom is -0.464 e. The van der Waals surface area contributed by atoms with Gasteiger partial charge in [0.05, 0.1) is 17.3 Å². The Labute approximate surface area is 197 Å². The fraction of sp³-hybridized carbons (Fsp3) is 0.0667. The van der Waals surface area contributed by atoms with Crippen LogP contribution in [0, 0.1) is 0 Å². The van der Waals surface area contributed by atoms with E-state index in [1.165, 1.54) is 21.9 Å². The van der Waals surface area contributed by atoms with E-state index in [4.69, 9.17) is 4.42 Å². The molecule has 0 saturated carbocycles. The zero-order valence-electron chi connectivity index (χ0n) is 18.8. The van der Waals surface area contributed by atoms with E-state index in [-0.39, 0.29) is 0 Å². The highest BCUT2D eigenvalue weighted by Crippen LogP contribution is 2.38. The molecule has 0 aliphatic heterocycles. The van der Waals surface area contributed by atoms with Gasteiger partial charge < -0.3 is 8.98 Å². The van der Waals surface area contributed by atoms with E-state index in [1.807, 2.05) is 37.7 Å². The van der Waals surface area contributed by atoms with Crippen molar-refractivity contribution in [1.29, 1.82) is 0 Å². The third-order valence-corrected chi connectivity index (χ3v) is 6.17. The molecule has 0 spiro atoms. The third-order valence-electron chi connectivity index (χ3n) is 6.17. The highest BCUT2D eigenvalue weighted by molar-refractivity contribution is 6.20. The molecule has 4 nitrogen and oxygen atoms in total. The second-order valence-corrected chi connectivity index (χ2v) is 8.29.